The second-order valence-electron chi connectivity index (χ2n) is 6.08. The van der Waals surface area contributed by atoms with Gasteiger partial charge in [-0.1, -0.05) is 0 Å². The van der Waals surface area contributed by atoms with Crippen LogP contribution in [-0.4, -0.2) is 36.6 Å². The van der Waals surface area contributed by atoms with E-state index in [1.54, 1.807) is 13.1 Å². The lowest BCUT2D eigenvalue weighted by atomic mass is 10.1. The van der Waals surface area contributed by atoms with Gasteiger partial charge in [0.15, 0.2) is 0 Å². The van der Waals surface area contributed by atoms with Gasteiger partial charge in [-0.05, 0) is 49.3 Å². The van der Waals surface area contributed by atoms with E-state index in [2.05, 4.69) is 21.7 Å². The lowest BCUT2D eigenvalue weighted by Crippen LogP contribution is -2.46. The van der Waals surface area contributed by atoms with Gasteiger partial charge in [0.05, 0.1) is 6.20 Å². The largest absolute Gasteiger partial charge is 0.490 e. The number of carbonyl (C=O) groups excluding carboxylic acids is 1. The van der Waals surface area contributed by atoms with Crippen molar-refractivity contribution in [1.82, 2.24) is 15.6 Å². The minimum atomic E-state index is 0.0499. The van der Waals surface area contributed by atoms with Crippen molar-refractivity contribution in [2.24, 2.45) is 5.92 Å². The molecule has 1 amide bonds. The summed E-state index contributed by atoms with van der Waals surface area (Å²) in [5.41, 5.74) is 1.27. The fraction of sp³-hybridized carbons (Fsp3) is 0.625. The fourth-order valence-corrected chi connectivity index (χ4v) is 2.81. The highest BCUT2D eigenvalue weighted by Gasteiger charge is 2.38. The molecule has 0 bridgehead atoms. The minimum absolute atomic E-state index is 0.0499. The zero-order chi connectivity index (χ0) is 14.7. The van der Waals surface area contributed by atoms with Gasteiger partial charge in [0, 0.05) is 25.7 Å². The van der Waals surface area contributed by atoms with Crippen LogP contribution in [0.2, 0.25) is 0 Å². The van der Waals surface area contributed by atoms with E-state index in [-0.39, 0.29) is 5.91 Å². The molecule has 3 atom stereocenters. The fourth-order valence-electron chi connectivity index (χ4n) is 2.81. The molecule has 1 aromatic heterocycles. The number of rotatable bonds is 7. The van der Waals surface area contributed by atoms with E-state index in [4.69, 9.17) is 4.74 Å². The van der Waals surface area contributed by atoms with Gasteiger partial charge in [-0.2, -0.15) is 0 Å². The third-order valence-electron chi connectivity index (χ3n) is 4.35. The summed E-state index contributed by atoms with van der Waals surface area (Å²) in [5, 5.41) is 6.18. The van der Waals surface area contributed by atoms with Crippen LogP contribution in [0, 0.1) is 5.92 Å². The molecule has 0 radical (unpaired) electrons. The van der Waals surface area contributed by atoms with Gasteiger partial charge in [0.1, 0.15) is 12.4 Å². The Morgan fingerprint density at radius 1 is 1.52 bits per heavy atom. The molecule has 0 aromatic carbocycles. The maximum absolute atomic E-state index is 10.9. The average Bonchev–Trinajstić information content (AvgIpc) is 3.16. The molecule has 0 unspecified atom stereocenters. The molecule has 2 fully saturated rings. The maximum Gasteiger partial charge on any atom is 0.216 e. The molecule has 2 heterocycles. The minimum Gasteiger partial charge on any atom is -0.490 e. The van der Waals surface area contributed by atoms with E-state index in [1.165, 1.54) is 18.4 Å². The van der Waals surface area contributed by atoms with E-state index in [0.29, 0.717) is 17.9 Å². The summed E-state index contributed by atoms with van der Waals surface area (Å²) in [5.74, 6) is 2.17. The second kappa shape index (κ2) is 6.43. The molecule has 1 aromatic rings. The number of hydrogen-bond acceptors (Lipinski definition) is 4. The van der Waals surface area contributed by atoms with E-state index in [9.17, 15) is 4.79 Å². The molecule has 114 valence electrons. The Morgan fingerprint density at radius 2 is 2.38 bits per heavy atom. The third kappa shape index (κ3) is 3.94. The van der Waals surface area contributed by atoms with Crippen molar-refractivity contribution in [3.63, 3.8) is 0 Å². The Morgan fingerprint density at radius 3 is 3.10 bits per heavy atom. The van der Waals surface area contributed by atoms with Crippen LogP contribution < -0.4 is 15.4 Å². The number of amides is 1. The Hall–Kier alpha value is -1.62. The molecule has 21 heavy (non-hydrogen) atoms. The molecule has 1 aliphatic heterocycles. The summed E-state index contributed by atoms with van der Waals surface area (Å²) in [6, 6.07) is 2.62. The van der Waals surface area contributed by atoms with Gasteiger partial charge in [-0.25, -0.2) is 0 Å². The summed E-state index contributed by atoms with van der Waals surface area (Å²) in [7, 11) is 0. The van der Waals surface area contributed by atoms with Crippen LogP contribution in [0.5, 0.6) is 5.75 Å². The molecule has 5 heteroatoms. The monoisotopic (exact) mass is 289 g/mol. The highest BCUT2D eigenvalue weighted by molar-refractivity contribution is 5.72. The zero-order valence-corrected chi connectivity index (χ0v) is 12.5. The van der Waals surface area contributed by atoms with Gasteiger partial charge in [0.2, 0.25) is 5.91 Å². The lowest BCUT2D eigenvalue weighted by molar-refractivity contribution is -0.118. The van der Waals surface area contributed by atoms with E-state index < -0.39 is 0 Å². The molecule has 2 aliphatic rings. The van der Waals surface area contributed by atoms with Crippen LogP contribution >= 0.6 is 0 Å². The number of hydrogen-bond donors (Lipinski definition) is 2. The predicted molar refractivity (Wildman–Crippen MR) is 80.3 cm³/mol. The van der Waals surface area contributed by atoms with Crippen LogP contribution in [0.3, 0.4) is 0 Å². The Labute approximate surface area is 125 Å². The Bertz CT molecular complexity index is 502. The third-order valence-corrected chi connectivity index (χ3v) is 4.35. The number of carbonyl (C=O) groups is 1. The number of nitrogens with zero attached hydrogens (tertiary/aromatic N) is 1. The molecular weight excluding hydrogens is 266 g/mol. The average molecular weight is 289 g/mol. The van der Waals surface area contributed by atoms with Crippen LogP contribution in [0.1, 0.15) is 37.7 Å². The van der Waals surface area contributed by atoms with Gasteiger partial charge >= 0.3 is 0 Å². The number of aromatic nitrogens is 1. The summed E-state index contributed by atoms with van der Waals surface area (Å²) in [6.07, 6.45) is 7.16. The zero-order valence-electron chi connectivity index (χ0n) is 12.5. The second-order valence-corrected chi connectivity index (χ2v) is 6.08. The van der Waals surface area contributed by atoms with Crippen molar-refractivity contribution in [2.45, 2.75) is 38.1 Å². The topological polar surface area (TPSA) is 63.2 Å². The van der Waals surface area contributed by atoms with Crippen molar-refractivity contribution in [3.05, 3.63) is 24.0 Å². The quantitative estimate of drug-likeness (QED) is 0.797. The normalized spacial score (nSPS) is 26.8. The van der Waals surface area contributed by atoms with E-state index in [1.807, 2.05) is 6.20 Å². The molecule has 0 spiro atoms. The molecule has 1 saturated heterocycles. The molecule has 5 nitrogen and oxygen atoms in total. The van der Waals surface area contributed by atoms with Crippen molar-refractivity contribution in [1.29, 1.82) is 0 Å². The van der Waals surface area contributed by atoms with Gasteiger partial charge in [0.25, 0.3) is 0 Å². The molecular formula is C16H23N3O2. The summed E-state index contributed by atoms with van der Waals surface area (Å²) in [4.78, 5) is 15.2. The molecule has 3 rings (SSSR count). The highest BCUT2D eigenvalue weighted by atomic mass is 16.5. The molecule has 1 saturated carbocycles. The van der Waals surface area contributed by atoms with Crippen molar-refractivity contribution in [3.8, 4) is 5.75 Å². The maximum atomic E-state index is 10.9. The lowest BCUT2D eigenvalue weighted by Gasteiger charge is -2.27. The summed E-state index contributed by atoms with van der Waals surface area (Å²) < 4.78 is 5.79. The smallest absolute Gasteiger partial charge is 0.216 e. The van der Waals surface area contributed by atoms with Crippen molar-refractivity contribution in [2.75, 3.05) is 19.7 Å². The van der Waals surface area contributed by atoms with E-state index >= 15 is 0 Å². The van der Waals surface area contributed by atoms with Crippen LogP contribution in [0.15, 0.2) is 18.5 Å². The first-order valence-corrected chi connectivity index (χ1v) is 7.78. The van der Waals surface area contributed by atoms with Gasteiger partial charge in [-0.15, -0.1) is 0 Å². The first kappa shape index (κ1) is 14.3. The molecule has 1 aliphatic carbocycles. The first-order chi connectivity index (χ1) is 10.2. The SMILES string of the molecule is CC(=O)NCC[C@H]1C[C@@H]1c1cncc(OC[C@@H]2CCN2)c1. The number of pyridine rings is 1. The number of ether oxygens (including phenoxy) is 1. The van der Waals surface area contributed by atoms with Crippen molar-refractivity contribution < 1.29 is 9.53 Å². The van der Waals surface area contributed by atoms with Crippen LogP contribution in [0.25, 0.3) is 0 Å². The Kier molecular flexibility index (Phi) is 4.39. The summed E-state index contributed by atoms with van der Waals surface area (Å²) in [6.45, 7) is 4.16. The highest BCUT2D eigenvalue weighted by Crippen LogP contribution is 2.49. The van der Waals surface area contributed by atoms with Gasteiger partial charge in [-0.3, -0.25) is 9.78 Å². The predicted octanol–water partition coefficient (Wildman–Crippen LogP) is 1.45. The molecule has 2 N–H and O–H groups in total. The van der Waals surface area contributed by atoms with Crippen molar-refractivity contribution >= 4 is 5.91 Å². The standard InChI is InChI=1S/C16H23N3O2/c1-11(20)18-4-2-12-7-16(12)13-6-15(9-17-8-13)21-10-14-3-5-19-14/h6,8-9,12,14,16,19H,2-5,7,10H2,1H3,(H,18,20)/t12-,14-,16-/m0/s1. The van der Waals surface area contributed by atoms with E-state index in [0.717, 1.165) is 31.9 Å². The van der Waals surface area contributed by atoms with Crippen LogP contribution in [0.4, 0.5) is 0 Å². The Balaban J connectivity index is 1.46. The summed E-state index contributed by atoms with van der Waals surface area (Å²) >= 11 is 0. The van der Waals surface area contributed by atoms with Gasteiger partial charge < -0.3 is 15.4 Å². The van der Waals surface area contributed by atoms with Crippen LogP contribution in [-0.2, 0) is 4.79 Å². The first-order valence-electron chi connectivity index (χ1n) is 7.78. The number of nitrogens with one attached hydrogen (secondary N) is 2.